The Hall–Kier alpha value is -2.29. The molecular formula is C57H106N2O7P+. The number of amides is 1. The number of phosphoric ester groups is 1. The largest absolute Gasteiger partial charge is 0.472 e. The van der Waals surface area contributed by atoms with Crippen LogP contribution in [0.5, 0.6) is 0 Å². The van der Waals surface area contributed by atoms with Gasteiger partial charge in [0.25, 0.3) is 0 Å². The standard InChI is InChI=1S/C57H105N2O7P/c1-7-10-13-16-19-22-25-28-29-30-32-34-37-40-43-46-49-56(60)58-54(53-65-67(62,63)64-52-51-59(4,5)6)55(48-45-42-39-36-33-27-24-21-18-15-12-9-3)66-57(61)50-47-44-41-38-35-31-26-23-20-17-14-11-8-2/h29-32,34-35,41,44-45,48,54-55H,7-28,33,36-40,42-43,46-47,49-53H2,1-6H3,(H-,58,60,62,63)/p+1/b30-29+,34-32+,35-31-,44-41+,48-45+. The van der Waals surface area contributed by atoms with E-state index >= 15 is 0 Å². The molecule has 0 aromatic carbocycles. The summed E-state index contributed by atoms with van der Waals surface area (Å²) in [4.78, 5) is 37.4. The van der Waals surface area contributed by atoms with Gasteiger partial charge >= 0.3 is 13.8 Å². The van der Waals surface area contributed by atoms with Crippen molar-refractivity contribution in [3.63, 3.8) is 0 Å². The second-order valence-corrected chi connectivity index (χ2v) is 21.2. The summed E-state index contributed by atoms with van der Waals surface area (Å²) < 4.78 is 30.5. The van der Waals surface area contributed by atoms with Crippen molar-refractivity contribution >= 4 is 19.7 Å². The summed E-state index contributed by atoms with van der Waals surface area (Å²) >= 11 is 0. The van der Waals surface area contributed by atoms with E-state index in [2.05, 4.69) is 68.6 Å². The highest BCUT2D eigenvalue weighted by molar-refractivity contribution is 7.47. The quantitative estimate of drug-likeness (QED) is 0.0156. The third kappa shape index (κ3) is 48.5. The van der Waals surface area contributed by atoms with Gasteiger partial charge < -0.3 is 19.4 Å². The van der Waals surface area contributed by atoms with Crippen molar-refractivity contribution in [1.29, 1.82) is 0 Å². The highest BCUT2D eigenvalue weighted by Gasteiger charge is 2.30. The maximum Gasteiger partial charge on any atom is 0.472 e. The molecule has 0 saturated carbocycles. The van der Waals surface area contributed by atoms with Crippen LogP contribution in [-0.2, 0) is 27.9 Å². The Morgan fingerprint density at radius 2 is 0.970 bits per heavy atom. The van der Waals surface area contributed by atoms with Crippen molar-refractivity contribution in [2.75, 3.05) is 40.9 Å². The van der Waals surface area contributed by atoms with Crippen molar-refractivity contribution < 1.29 is 37.3 Å². The van der Waals surface area contributed by atoms with Crippen molar-refractivity contribution in [3.05, 3.63) is 60.8 Å². The number of carbonyl (C=O) groups is 2. The zero-order valence-electron chi connectivity index (χ0n) is 44.4. The van der Waals surface area contributed by atoms with Gasteiger partial charge in [0.2, 0.25) is 5.91 Å². The molecule has 2 N–H and O–H groups in total. The Kier molecular flexibility index (Phi) is 45.8. The molecule has 9 nitrogen and oxygen atoms in total. The monoisotopic (exact) mass is 962 g/mol. The van der Waals surface area contributed by atoms with E-state index in [9.17, 15) is 19.0 Å². The zero-order valence-corrected chi connectivity index (χ0v) is 45.3. The van der Waals surface area contributed by atoms with Crippen LogP contribution < -0.4 is 5.32 Å². The summed E-state index contributed by atoms with van der Waals surface area (Å²) in [6, 6.07) is -0.883. The van der Waals surface area contributed by atoms with E-state index in [1.54, 1.807) is 0 Å². The molecule has 0 aromatic rings. The number of phosphoric acid groups is 1. The molecule has 0 fully saturated rings. The number of likely N-dealkylation sites (N-methyl/N-ethyl adjacent to an activating group) is 1. The number of esters is 1. The summed E-state index contributed by atoms with van der Waals surface area (Å²) in [5.41, 5.74) is 0. The lowest BCUT2D eigenvalue weighted by atomic mass is 10.1. The van der Waals surface area contributed by atoms with Crippen LogP contribution in [-0.4, -0.2) is 74.3 Å². The van der Waals surface area contributed by atoms with E-state index in [1.807, 2.05) is 39.4 Å². The number of hydrogen-bond acceptors (Lipinski definition) is 6. The van der Waals surface area contributed by atoms with Gasteiger partial charge in [-0.05, 0) is 76.7 Å². The lowest BCUT2D eigenvalue weighted by molar-refractivity contribution is -0.870. The van der Waals surface area contributed by atoms with Gasteiger partial charge in [-0.25, -0.2) is 4.57 Å². The molecule has 0 spiro atoms. The molecule has 0 saturated heterocycles. The van der Waals surface area contributed by atoms with E-state index in [-0.39, 0.29) is 32.0 Å². The summed E-state index contributed by atoms with van der Waals surface area (Å²) in [7, 11) is 1.45. The Morgan fingerprint density at radius 3 is 1.46 bits per heavy atom. The molecule has 0 bridgehead atoms. The number of ether oxygens (including phenoxy) is 1. The first-order chi connectivity index (χ1) is 32.4. The van der Waals surface area contributed by atoms with Gasteiger partial charge in [0.05, 0.1) is 33.8 Å². The highest BCUT2D eigenvalue weighted by atomic mass is 31.2. The Morgan fingerprint density at radius 1 is 0.537 bits per heavy atom. The normalized spacial score (nSPS) is 14.3. The molecule has 0 aliphatic heterocycles. The van der Waals surface area contributed by atoms with Gasteiger partial charge in [-0.15, -0.1) is 0 Å². The van der Waals surface area contributed by atoms with E-state index in [0.717, 1.165) is 57.8 Å². The average Bonchev–Trinajstić information content (AvgIpc) is 3.28. The van der Waals surface area contributed by atoms with Crippen LogP contribution in [0.15, 0.2) is 60.8 Å². The molecule has 0 aromatic heterocycles. The smallest absolute Gasteiger partial charge is 0.456 e. The minimum absolute atomic E-state index is 0.0264. The average molecular weight is 962 g/mol. The summed E-state index contributed by atoms with van der Waals surface area (Å²) in [5.74, 6) is -0.615. The van der Waals surface area contributed by atoms with Crippen molar-refractivity contribution in [1.82, 2.24) is 5.32 Å². The fourth-order valence-electron chi connectivity index (χ4n) is 7.63. The second kappa shape index (κ2) is 47.4. The van der Waals surface area contributed by atoms with Crippen LogP contribution in [0.2, 0.25) is 0 Å². The van der Waals surface area contributed by atoms with Gasteiger partial charge in [-0.2, -0.15) is 0 Å². The number of hydrogen-bond donors (Lipinski definition) is 2. The molecule has 3 unspecified atom stereocenters. The molecule has 0 heterocycles. The minimum Gasteiger partial charge on any atom is -0.456 e. The molecule has 3 atom stereocenters. The molecule has 10 heteroatoms. The molecule has 0 rings (SSSR count). The van der Waals surface area contributed by atoms with Crippen LogP contribution in [0.3, 0.4) is 0 Å². The molecule has 0 radical (unpaired) electrons. The molecule has 390 valence electrons. The SMILES string of the molecule is CCCCCCCC/C=C\C/C=C/CCC(=O)OC(/C=C/CCCCCCCCCCCC)C(COP(=O)(O)OCC[N+](C)(C)C)NC(=O)CCCCC/C=C/C=C/CCCCCCCCC. The predicted molar refractivity (Wildman–Crippen MR) is 286 cm³/mol. The molecule has 0 aliphatic carbocycles. The number of quaternary nitrogens is 1. The first-order valence-electron chi connectivity index (χ1n) is 27.6. The van der Waals surface area contributed by atoms with E-state index in [1.165, 1.54) is 135 Å². The Bertz CT molecular complexity index is 1340. The van der Waals surface area contributed by atoms with Crippen molar-refractivity contribution in [3.8, 4) is 0 Å². The molecular weight excluding hydrogens is 856 g/mol. The van der Waals surface area contributed by atoms with Gasteiger partial charge in [-0.3, -0.25) is 18.6 Å². The van der Waals surface area contributed by atoms with Crippen LogP contribution in [0.25, 0.3) is 0 Å². The van der Waals surface area contributed by atoms with E-state index in [4.69, 9.17) is 13.8 Å². The number of rotatable bonds is 49. The van der Waals surface area contributed by atoms with Crippen LogP contribution in [0.1, 0.15) is 239 Å². The van der Waals surface area contributed by atoms with Crippen LogP contribution in [0, 0.1) is 0 Å². The second-order valence-electron chi connectivity index (χ2n) is 19.8. The lowest BCUT2D eigenvalue weighted by Gasteiger charge is -2.27. The zero-order chi connectivity index (χ0) is 49.4. The maximum absolute atomic E-state index is 13.4. The predicted octanol–water partition coefficient (Wildman–Crippen LogP) is 16.3. The summed E-state index contributed by atoms with van der Waals surface area (Å²) in [5, 5.41) is 3.01. The minimum atomic E-state index is -4.46. The van der Waals surface area contributed by atoms with Crippen molar-refractivity contribution in [2.24, 2.45) is 0 Å². The summed E-state index contributed by atoms with van der Waals surface area (Å²) in [6.45, 7) is 6.93. The third-order valence-corrected chi connectivity index (χ3v) is 13.0. The Labute approximate surface area is 413 Å². The van der Waals surface area contributed by atoms with Gasteiger partial charge in [0.1, 0.15) is 19.3 Å². The molecule has 67 heavy (non-hydrogen) atoms. The van der Waals surface area contributed by atoms with Crippen LogP contribution in [0.4, 0.5) is 0 Å². The number of carbonyl (C=O) groups excluding carboxylic acids is 2. The fourth-order valence-corrected chi connectivity index (χ4v) is 8.37. The van der Waals surface area contributed by atoms with Gasteiger partial charge in [0, 0.05) is 12.8 Å². The van der Waals surface area contributed by atoms with Gasteiger partial charge in [0.15, 0.2) is 0 Å². The molecule has 1 amide bonds. The highest BCUT2D eigenvalue weighted by Crippen LogP contribution is 2.43. The van der Waals surface area contributed by atoms with Gasteiger partial charge in [-0.1, -0.05) is 210 Å². The van der Waals surface area contributed by atoms with E-state index < -0.39 is 25.9 Å². The number of nitrogens with zero attached hydrogens (tertiary/aromatic N) is 1. The summed E-state index contributed by atoms with van der Waals surface area (Å²) in [6.07, 6.45) is 58.0. The Balaban J connectivity index is 5.51. The number of allylic oxidation sites excluding steroid dienone is 9. The van der Waals surface area contributed by atoms with Crippen molar-refractivity contribution in [2.45, 2.75) is 251 Å². The first kappa shape index (κ1) is 64.7. The fraction of sp³-hybridized carbons (Fsp3) is 0.789. The number of unbranched alkanes of at least 4 members (excludes halogenated alkanes) is 26. The van der Waals surface area contributed by atoms with E-state index in [0.29, 0.717) is 23.9 Å². The first-order valence-corrected chi connectivity index (χ1v) is 29.1. The topological polar surface area (TPSA) is 111 Å². The number of nitrogens with one attached hydrogen (secondary N) is 1. The lowest BCUT2D eigenvalue weighted by Crippen LogP contribution is -2.47. The molecule has 0 aliphatic rings. The van der Waals surface area contributed by atoms with Crippen LogP contribution >= 0.6 is 7.82 Å². The third-order valence-electron chi connectivity index (χ3n) is 12.0. The maximum atomic E-state index is 13.4.